The highest BCUT2D eigenvalue weighted by molar-refractivity contribution is 9.10. The molecule has 1 unspecified atom stereocenters. The minimum absolute atomic E-state index is 0.103. The van der Waals surface area contributed by atoms with Gasteiger partial charge < -0.3 is 0 Å². The van der Waals surface area contributed by atoms with E-state index in [2.05, 4.69) is 32.7 Å². The predicted octanol–water partition coefficient (Wildman–Crippen LogP) is 2.13. The first-order valence-corrected chi connectivity index (χ1v) is 11.2. The van der Waals surface area contributed by atoms with Gasteiger partial charge in [0.25, 0.3) is 5.91 Å². The number of rotatable bonds is 5. The maximum Gasteiger partial charge on any atom is 0.264 e. The minimum Gasteiger partial charge on any atom is -0.299 e. The molecule has 1 aliphatic rings. The minimum atomic E-state index is -3.67. The number of sulfone groups is 1. The molecular weight excluding hydrogens is 432 g/mol. The quantitative estimate of drug-likeness (QED) is 0.404. The molecule has 1 atom stereocenters. The molecule has 8 heteroatoms. The van der Waals surface area contributed by atoms with Crippen molar-refractivity contribution >= 4 is 31.7 Å². The lowest BCUT2D eigenvalue weighted by Gasteiger charge is -2.30. The molecule has 146 valence electrons. The fourth-order valence-electron chi connectivity index (χ4n) is 2.67. The Bertz CT molecular complexity index is 885. The fraction of sp³-hybridized carbons (Fsp3) is 0.421. The lowest BCUT2D eigenvalue weighted by atomic mass is 10.0. The summed E-state index contributed by atoms with van der Waals surface area (Å²) in [4.78, 5) is 13.9. The molecule has 6 nitrogen and oxygen atoms in total. The average Bonchev–Trinajstić information content (AvgIpc) is 2.64. The summed E-state index contributed by atoms with van der Waals surface area (Å²) in [5, 5.41) is 8.87. The van der Waals surface area contributed by atoms with Gasteiger partial charge in [-0.2, -0.15) is 0 Å². The van der Waals surface area contributed by atoms with Crippen molar-refractivity contribution in [2.75, 3.05) is 25.9 Å². The van der Waals surface area contributed by atoms with Gasteiger partial charge in [0.15, 0.2) is 14.6 Å². The molecule has 0 spiro atoms. The van der Waals surface area contributed by atoms with E-state index in [-0.39, 0.29) is 6.42 Å². The zero-order valence-corrected chi connectivity index (χ0v) is 17.7. The van der Waals surface area contributed by atoms with Crippen LogP contribution < -0.4 is 5.48 Å². The van der Waals surface area contributed by atoms with Gasteiger partial charge in [0.05, 0.1) is 0 Å². The molecule has 0 aliphatic carbocycles. The molecule has 0 saturated heterocycles. The smallest absolute Gasteiger partial charge is 0.264 e. The SMILES string of the molecule is CC(CCN1CC=C(C#Cc2ccc(Br)cc2)CC1)(C(=O)NO)S(C)(=O)=O. The maximum atomic E-state index is 12.0. The number of hydrogen-bond donors (Lipinski definition) is 2. The second kappa shape index (κ2) is 9.02. The number of hydrogen-bond acceptors (Lipinski definition) is 5. The van der Waals surface area contributed by atoms with Gasteiger partial charge in [0.2, 0.25) is 0 Å². The van der Waals surface area contributed by atoms with E-state index in [4.69, 9.17) is 5.21 Å². The molecule has 0 saturated carbocycles. The highest BCUT2D eigenvalue weighted by atomic mass is 79.9. The molecule has 2 N–H and O–H groups in total. The standard InChI is InChI=1S/C19H23BrN2O4S/c1-19(18(23)21-24,27(2,25)26)11-14-22-12-9-16(10-13-22)4-3-15-5-7-17(20)8-6-15/h5-9,24H,10-14H2,1-2H3,(H,21,23). The summed E-state index contributed by atoms with van der Waals surface area (Å²) in [6.45, 7) is 3.15. The lowest BCUT2D eigenvalue weighted by molar-refractivity contribution is -0.131. The monoisotopic (exact) mass is 454 g/mol. The molecule has 0 aromatic heterocycles. The van der Waals surface area contributed by atoms with Crippen molar-refractivity contribution in [3.05, 3.63) is 46.0 Å². The summed E-state index contributed by atoms with van der Waals surface area (Å²) in [5.74, 6) is 5.41. The third kappa shape index (κ3) is 5.66. The molecule has 1 amide bonds. The number of carbonyl (C=O) groups excluding carboxylic acids is 1. The largest absolute Gasteiger partial charge is 0.299 e. The second-order valence-corrected chi connectivity index (χ2v) is 10.1. The first kappa shape index (κ1) is 21.6. The third-order valence-corrected chi connectivity index (χ3v) is 7.37. The van der Waals surface area contributed by atoms with E-state index in [1.165, 1.54) is 12.4 Å². The van der Waals surface area contributed by atoms with Gasteiger partial charge in [-0.1, -0.05) is 33.8 Å². The van der Waals surface area contributed by atoms with E-state index in [0.717, 1.165) is 34.8 Å². The Morgan fingerprint density at radius 2 is 2.00 bits per heavy atom. The van der Waals surface area contributed by atoms with Crippen molar-refractivity contribution in [1.29, 1.82) is 0 Å². The Kier molecular flexibility index (Phi) is 7.23. The highest BCUT2D eigenvalue weighted by Gasteiger charge is 2.43. The summed E-state index contributed by atoms with van der Waals surface area (Å²) in [6, 6.07) is 7.79. The summed E-state index contributed by atoms with van der Waals surface area (Å²) in [6.07, 6.45) is 3.91. The number of nitrogens with zero attached hydrogens (tertiary/aromatic N) is 1. The number of nitrogens with one attached hydrogen (secondary N) is 1. The van der Waals surface area contributed by atoms with Crippen LogP contribution in [0.1, 0.15) is 25.3 Å². The van der Waals surface area contributed by atoms with E-state index in [9.17, 15) is 13.2 Å². The first-order valence-electron chi connectivity index (χ1n) is 8.49. The third-order valence-electron chi connectivity index (χ3n) is 4.81. The van der Waals surface area contributed by atoms with Crippen LogP contribution in [-0.4, -0.2) is 55.1 Å². The van der Waals surface area contributed by atoms with E-state index < -0.39 is 20.5 Å². The van der Waals surface area contributed by atoms with E-state index in [1.807, 2.05) is 30.3 Å². The topological polar surface area (TPSA) is 86.7 Å². The van der Waals surface area contributed by atoms with Gasteiger partial charge in [0, 0.05) is 41.5 Å². The normalized spacial score (nSPS) is 17.3. The van der Waals surface area contributed by atoms with Crippen LogP contribution in [-0.2, 0) is 14.6 Å². The Labute approximate surface area is 168 Å². The molecule has 1 aromatic carbocycles. The molecule has 27 heavy (non-hydrogen) atoms. The average molecular weight is 455 g/mol. The molecular formula is C19H23BrN2O4S. The van der Waals surface area contributed by atoms with E-state index in [1.54, 1.807) is 0 Å². The van der Waals surface area contributed by atoms with Gasteiger partial charge in [-0.05, 0) is 44.0 Å². The van der Waals surface area contributed by atoms with Gasteiger partial charge in [-0.3, -0.25) is 14.9 Å². The molecule has 0 fully saturated rings. The number of halogens is 1. The first-order chi connectivity index (χ1) is 12.7. The van der Waals surface area contributed by atoms with E-state index >= 15 is 0 Å². The zero-order chi connectivity index (χ0) is 20.1. The highest BCUT2D eigenvalue weighted by Crippen LogP contribution is 2.22. The van der Waals surface area contributed by atoms with Crippen LogP contribution in [0, 0.1) is 11.8 Å². The van der Waals surface area contributed by atoms with Crippen LogP contribution in [0.2, 0.25) is 0 Å². The van der Waals surface area contributed by atoms with Crippen LogP contribution in [0.15, 0.2) is 40.4 Å². The van der Waals surface area contributed by atoms with Gasteiger partial charge in [-0.15, -0.1) is 0 Å². The Morgan fingerprint density at radius 1 is 1.33 bits per heavy atom. The van der Waals surface area contributed by atoms with Crippen molar-refractivity contribution in [2.45, 2.75) is 24.5 Å². The fourth-order valence-corrected chi connectivity index (χ4v) is 3.78. The second-order valence-electron chi connectivity index (χ2n) is 6.73. The Morgan fingerprint density at radius 3 is 2.52 bits per heavy atom. The van der Waals surface area contributed by atoms with Crippen LogP contribution in [0.5, 0.6) is 0 Å². The van der Waals surface area contributed by atoms with Crippen molar-refractivity contribution < 1.29 is 18.4 Å². The van der Waals surface area contributed by atoms with Crippen molar-refractivity contribution in [1.82, 2.24) is 10.4 Å². The van der Waals surface area contributed by atoms with Crippen LogP contribution in [0.25, 0.3) is 0 Å². The molecule has 0 radical (unpaired) electrons. The van der Waals surface area contributed by atoms with Crippen molar-refractivity contribution in [3.63, 3.8) is 0 Å². The molecule has 1 heterocycles. The Balaban J connectivity index is 1.97. The lowest BCUT2D eigenvalue weighted by Crippen LogP contribution is -2.51. The van der Waals surface area contributed by atoms with Crippen molar-refractivity contribution in [3.8, 4) is 11.8 Å². The van der Waals surface area contributed by atoms with Crippen LogP contribution in [0.4, 0.5) is 0 Å². The number of carbonyl (C=O) groups is 1. The molecule has 1 aromatic rings. The molecule has 2 rings (SSSR count). The van der Waals surface area contributed by atoms with Crippen LogP contribution >= 0.6 is 15.9 Å². The molecule has 0 bridgehead atoms. The molecule has 1 aliphatic heterocycles. The predicted molar refractivity (Wildman–Crippen MR) is 108 cm³/mol. The van der Waals surface area contributed by atoms with Gasteiger partial charge in [-0.25, -0.2) is 13.9 Å². The summed E-state index contributed by atoms with van der Waals surface area (Å²) < 4.78 is 23.3. The van der Waals surface area contributed by atoms with E-state index in [0.29, 0.717) is 13.1 Å². The van der Waals surface area contributed by atoms with Gasteiger partial charge >= 0.3 is 0 Å². The zero-order valence-electron chi connectivity index (χ0n) is 15.3. The summed E-state index contributed by atoms with van der Waals surface area (Å²) >= 11 is 3.39. The number of hydroxylamine groups is 1. The maximum absolute atomic E-state index is 12.0. The summed E-state index contributed by atoms with van der Waals surface area (Å²) in [7, 11) is -3.67. The number of amides is 1. The van der Waals surface area contributed by atoms with Crippen molar-refractivity contribution in [2.24, 2.45) is 0 Å². The van der Waals surface area contributed by atoms with Gasteiger partial charge in [0.1, 0.15) is 0 Å². The van der Waals surface area contributed by atoms with Crippen LogP contribution in [0.3, 0.4) is 0 Å². The number of benzene rings is 1. The summed E-state index contributed by atoms with van der Waals surface area (Å²) in [5.41, 5.74) is 3.47. The Hall–Kier alpha value is -1.66.